The van der Waals surface area contributed by atoms with Gasteiger partial charge in [0.25, 0.3) is 0 Å². The summed E-state index contributed by atoms with van der Waals surface area (Å²) in [6.45, 7) is 0. The Bertz CT molecular complexity index is 6580. The Kier molecular flexibility index (Phi) is 16.2. The van der Waals surface area contributed by atoms with Crippen molar-refractivity contribution in [2.75, 3.05) is 0 Å². The van der Waals surface area contributed by atoms with Gasteiger partial charge in [0, 0.05) is 98.8 Å². The molecule has 0 atom stereocenters. The van der Waals surface area contributed by atoms with E-state index in [0.29, 0.717) is 46.1 Å². The summed E-state index contributed by atoms with van der Waals surface area (Å²) in [5, 5.41) is 27.2. The molecule has 0 spiro atoms. The minimum Gasteiger partial charge on any atom is -0.353 e. The fraction of sp³-hybridized carbons (Fsp3) is 0. The SMILES string of the molecule is Brc1ccc(-c2nc(-c3ccccc3)nc(-c3ccccc3)n2)cc1.N#Cc1ccc2c(c1)[nH]c1c2ccc2c1c1c(n2-c2ccccc2)C=C[C+]=C1.N#Cc1ccc2c3ccc4c(c5ccccc5n4-c4ccccc4)c3n(-c3ccc(-c4nc(-c5ccccc5)nc(-c5ccccc5)n4)cc3)c2c1. The van der Waals surface area contributed by atoms with E-state index in [9.17, 15) is 10.5 Å². The summed E-state index contributed by atoms with van der Waals surface area (Å²) in [5.74, 6) is 3.86. The molecule has 1 aliphatic carbocycles. The van der Waals surface area contributed by atoms with Crippen LogP contribution in [-0.4, -0.2) is 48.6 Å². The first-order chi connectivity index (χ1) is 51.9. The summed E-state index contributed by atoms with van der Waals surface area (Å²) >= 11 is 3.47. The average Bonchev–Trinajstić information content (AvgIpc) is 1.55. The molecule has 20 rings (SSSR count). The van der Waals surface area contributed by atoms with Crippen molar-refractivity contribution in [3.63, 3.8) is 0 Å². The smallest absolute Gasteiger partial charge is 0.168 e. The molecule has 19 aromatic rings. The van der Waals surface area contributed by atoms with Crippen molar-refractivity contribution in [1.82, 2.24) is 48.6 Å². The summed E-state index contributed by atoms with van der Waals surface area (Å²) in [6.07, 6.45) is 9.37. The van der Waals surface area contributed by atoms with Crippen LogP contribution in [-0.2, 0) is 0 Å². The zero-order valence-corrected chi connectivity index (χ0v) is 57.6. The molecular weight excluding hydrogens is 1350 g/mol. The van der Waals surface area contributed by atoms with Crippen molar-refractivity contribution in [3.8, 4) is 97.5 Å². The topological polar surface area (TPSA) is 156 Å². The highest BCUT2D eigenvalue weighted by atomic mass is 79.9. The Hall–Kier alpha value is -14.3. The Morgan fingerprint density at radius 2 is 0.752 bits per heavy atom. The number of hydrogen-bond acceptors (Lipinski definition) is 8. The molecular formula is C92H56BrN12+. The van der Waals surface area contributed by atoms with Gasteiger partial charge < -0.3 is 14.1 Å². The monoisotopic (exact) mass is 1410 g/mol. The molecule has 13 aromatic carbocycles. The van der Waals surface area contributed by atoms with Crippen molar-refractivity contribution >= 4 is 104 Å². The van der Waals surface area contributed by atoms with Crippen LogP contribution < -0.4 is 0 Å². The molecule has 0 amide bonds. The first kappa shape index (κ1) is 62.9. The number of halogens is 1. The number of H-pyrrole nitrogens is 1. The number of aromatic nitrogens is 10. The van der Waals surface area contributed by atoms with Gasteiger partial charge in [-0.1, -0.05) is 222 Å². The predicted molar refractivity (Wildman–Crippen MR) is 427 cm³/mol. The number of fused-ring (bicyclic) bond motifs is 14. The lowest BCUT2D eigenvalue weighted by Gasteiger charge is -2.12. The lowest BCUT2D eigenvalue weighted by Crippen LogP contribution is -2.00. The number of allylic oxidation sites excluding steroid dienone is 2. The van der Waals surface area contributed by atoms with Crippen molar-refractivity contribution in [2.24, 2.45) is 0 Å². The molecule has 0 fully saturated rings. The molecule has 490 valence electrons. The maximum absolute atomic E-state index is 9.97. The summed E-state index contributed by atoms with van der Waals surface area (Å²) < 4.78 is 7.96. The summed E-state index contributed by atoms with van der Waals surface area (Å²) in [6, 6.07) is 111. The lowest BCUT2D eigenvalue weighted by atomic mass is 10.0. The molecule has 0 saturated heterocycles. The molecule has 1 aliphatic rings. The van der Waals surface area contributed by atoms with Gasteiger partial charge in [-0.25, -0.2) is 29.9 Å². The van der Waals surface area contributed by atoms with Gasteiger partial charge in [-0.05, 0) is 109 Å². The predicted octanol–water partition coefficient (Wildman–Crippen LogP) is 22.6. The highest BCUT2D eigenvalue weighted by Gasteiger charge is 2.27. The maximum atomic E-state index is 9.97. The molecule has 105 heavy (non-hydrogen) atoms. The average molecular weight is 1410 g/mol. The Morgan fingerprint density at radius 1 is 0.333 bits per heavy atom. The van der Waals surface area contributed by atoms with E-state index in [2.05, 4.69) is 197 Å². The number of nitrogens with zero attached hydrogens (tertiary/aromatic N) is 11. The van der Waals surface area contributed by atoms with Crippen LogP contribution in [0.1, 0.15) is 22.4 Å². The zero-order valence-electron chi connectivity index (χ0n) is 56.1. The first-order valence-electron chi connectivity index (χ1n) is 34.3. The zero-order chi connectivity index (χ0) is 70.3. The number of para-hydroxylation sites is 3. The quantitative estimate of drug-likeness (QED) is 0.140. The number of nitriles is 2. The van der Waals surface area contributed by atoms with Crippen molar-refractivity contribution in [2.45, 2.75) is 0 Å². The van der Waals surface area contributed by atoms with Gasteiger partial charge in [0.05, 0.1) is 67.8 Å². The minimum atomic E-state index is 0.599. The molecule has 0 bridgehead atoms. The number of nitrogens with one attached hydrogen (secondary N) is 1. The van der Waals surface area contributed by atoms with E-state index in [1.807, 2.05) is 194 Å². The normalized spacial score (nSPS) is 11.5. The second-order valence-electron chi connectivity index (χ2n) is 25.3. The third-order valence-corrected chi connectivity index (χ3v) is 19.6. The summed E-state index contributed by atoms with van der Waals surface area (Å²) in [7, 11) is 0. The molecule has 12 nitrogen and oxygen atoms in total. The van der Waals surface area contributed by atoms with Crippen LogP contribution in [0.5, 0.6) is 0 Å². The van der Waals surface area contributed by atoms with Crippen LogP contribution in [0.4, 0.5) is 0 Å². The van der Waals surface area contributed by atoms with Crippen molar-refractivity contribution < 1.29 is 0 Å². The molecule has 6 heterocycles. The van der Waals surface area contributed by atoms with Gasteiger partial charge in [0.15, 0.2) is 40.6 Å². The lowest BCUT2D eigenvalue weighted by molar-refractivity contribution is 1.07. The van der Waals surface area contributed by atoms with Gasteiger partial charge in [0.1, 0.15) is 17.7 Å². The van der Waals surface area contributed by atoms with Gasteiger partial charge in [-0.3, -0.25) is 4.57 Å². The molecule has 0 radical (unpaired) electrons. The van der Waals surface area contributed by atoms with Gasteiger partial charge in [0.2, 0.25) is 0 Å². The third-order valence-electron chi connectivity index (χ3n) is 19.1. The van der Waals surface area contributed by atoms with E-state index >= 15 is 0 Å². The molecule has 13 heteroatoms. The van der Waals surface area contributed by atoms with E-state index in [1.165, 1.54) is 21.7 Å². The highest BCUT2D eigenvalue weighted by molar-refractivity contribution is 9.10. The van der Waals surface area contributed by atoms with Crippen molar-refractivity contribution in [3.05, 3.63) is 354 Å². The Balaban J connectivity index is 0.000000124. The Labute approximate surface area is 611 Å². The van der Waals surface area contributed by atoms with Gasteiger partial charge >= 0.3 is 0 Å². The van der Waals surface area contributed by atoms with E-state index in [1.54, 1.807) is 0 Å². The fourth-order valence-electron chi connectivity index (χ4n) is 14.3. The fourth-order valence-corrected chi connectivity index (χ4v) is 14.5. The molecule has 1 N–H and O–H groups in total. The molecule has 6 aromatic heterocycles. The summed E-state index contributed by atoms with van der Waals surface area (Å²) in [4.78, 5) is 32.4. The van der Waals surface area contributed by atoms with Crippen LogP contribution in [0.2, 0.25) is 0 Å². The number of hydrogen-bond donors (Lipinski definition) is 1. The maximum Gasteiger partial charge on any atom is 0.168 e. The van der Waals surface area contributed by atoms with Crippen LogP contribution in [0, 0.1) is 28.7 Å². The third kappa shape index (κ3) is 11.6. The first-order valence-corrected chi connectivity index (χ1v) is 35.1. The molecule has 0 aliphatic heterocycles. The second kappa shape index (κ2) is 27.0. The number of benzene rings is 13. The molecule has 0 saturated carbocycles. The van der Waals surface area contributed by atoms with Crippen LogP contribution in [0.3, 0.4) is 0 Å². The Morgan fingerprint density at radius 3 is 1.28 bits per heavy atom. The van der Waals surface area contributed by atoms with Gasteiger partial charge in [-0.15, -0.1) is 0 Å². The van der Waals surface area contributed by atoms with Crippen LogP contribution >= 0.6 is 15.9 Å². The van der Waals surface area contributed by atoms with E-state index in [4.69, 9.17) is 24.9 Å². The van der Waals surface area contributed by atoms with Crippen LogP contribution in [0.15, 0.2) is 326 Å². The molecule has 0 unspecified atom stereocenters. The van der Waals surface area contributed by atoms with E-state index in [0.717, 1.165) is 121 Å². The van der Waals surface area contributed by atoms with E-state index < -0.39 is 0 Å². The van der Waals surface area contributed by atoms with Crippen LogP contribution in [0.25, 0.3) is 174 Å². The largest absolute Gasteiger partial charge is 0.353 e. The standard InChI is InChI=1S/C46H28N6.C25H14N3.C21H14BrN3/c47-29-30-20-25-36-37-26-27-40-42(38-18-10-11-19-39(38)51(40)34-16-8-3-9-17-34)43(37)52(41(36)28-30)35-23-21-33(22-24-35)46-49-44(31-12-4-1-5-13-31)48-45(50-46)32-14-6-2-7-15-32;26-15-16-10-11-18-19-12-13-23-24(25(19)27-21(18)14-16)20-8-4-5-9-22(20)28(23)17-6-2-1-3-7-17;22-18-13-11-17(12-14-18)21-24-19(15-7-3-1-4-8-15)23-20(25-21)16-9-5-2-6-10-16/h1-28H;1-3,5-14,27H;1-14H/q;+1;. The highest BCUT2D eigenvalue weighted by Crippen LogP contribution is 2.44. The van der Waals surface area contributed by atoms with Gasteiger partial charge in [-0.2, -0.15) is 10.5 Å². The van der Waals surface area contributed by atoms with Crippen molar-refractivity contribution in [1.29, 1.82) is 10.5 Å². The minimum absolute atomic E-state index is 0.599. The summed E-state index contributed by atoms with van der Waals surface area (Å²) in [5.41, 5.74) is 20.0. The number of aromatic amines is 1. The second-order valence-corrected chi connectivity index (χ2v) is 26.3. The van der Waals surface area contributed by atoms with E-state index in [-0.39, 0.29) is 0 Å². The number of rotatable bonds is 9.